The zero-order valence-electron chi connectivity index (χ0n) is 15.9. The molecule has 3 aromatic rings. The molecule has 4 N–H and O–H groups in total. The van der Waals surface area contributed by atoms with Crippen molar-refractivity contribution in [3.63, 3.8) is 0 Å². The van der Waals surface area contributed by atoms with E-state index in [-0.39, 0.29) is 15.6 Å². The lowest BCUT2D eigenvalue weighted by Crippen LogP contribution is -2.21. The normalized spacial score (nSPS) is 11.5. The van der Waals surface area contributed by atoms with E-state index < -0.39 is 22.0 Å². The van der Waals surface area contributed by atoms with Crippen molar-refractivity contribution in [3.8, 4) is 10.4 Å². The van der Waals surface area contributed by atoms with Gasteiger partial charge in [-0.2, -0.15) is 13.2 Å². The van der Waals surface area contributed by atoms with Crippen molar-refractivity contribution >= 4 is 67.7 Å². The van der Waals surface area contributed by atoms with Crippen LogP contribution >= 0.6 is 46.0 Å². The van der Waals surface area contributed by atoms with Crippen LogP contribution in [0.15, 0.2) is 56.5 Å². The molecule has 172 valence electrons. The molecule has 2 aromatic heterocycles. The molecule has 0 bridgehead atoms. The highest BCUT2D eigenvalue weighted by Gasteiger charge is 2.38. The highest BCUT2D eigenvalue weighted by molar-refractivity contribution is 8.01. The van der Waals surface area contributed by atoms with Gasteiger partial charge in [-0.3, -0.25) is 5.41 Å². The first-order valence-electron chi connectivity index (χ1n) is 8.20. The minimum atomic E-state index is -5.08. The van der Waals surface area contributed by atoms with Gasteiger partial charge in [0.15, 0.2) is 0 Å². The number of benzene rings is 1. The molecule has 2 heterocycles. The lowest BCUT2D eigenvalue weighted by atomic mass is 10.2. The predicted molar refractivity (Wildman–Crippen MR) is 121 cm³/mol. The number of hydrogen-bond donors (Lipinski definition) is 3. The van der Waals surface area contributed by atoms with Crippen LogP contribution in [-0.2, 0) is 14.6 Å². The van der Waals surface area contributed by atoms with Crippen LogP contribution < -0.4 is 5.73 Å². The Morgan fingerprint density at radius 2 is 1.81 bits per heavy atom. The molecule has 3 rings (SSSR count). The lowest BCUT2D eigenvalue weighted by molar-refractivity contribution is -0.192. The molecule has 0 amide bonds. The molecule has 0 saturated heterocycles. The molecule has 0 fully saturated rings. The predicted octanol–water partition coefficient (Wildman–Crippen LogP) is 5.60. The Balaban J connectivity index is 0.000000451. The van der Waals surface area contributed by atoms with Gasteiger partial charge in [-0.15, -0.1) is 34.4 Å². The quantitative estimate of drug-likeness (QED) is 0.219. The number of hydrogen-bond acceptors (Lipinski definition) is 7. The number of thiophene rings is 2. The lowest BCUT2D eigenvalue weighted by Gasteiger charge is -2.06. The summed E-state index contributed by atoms with van der Waals surface area (Å²) in [5.74, 6) is -2.89. The standard InChI is InChI=1S/C16H13ClN2O2S4.C2HF3O2/c1-22-16-13(8-12(24-16)15(18)19)25(20,21)10-4-2-3-9(7-10)11-5-6-14(17)23-11;3-2(4,5)1(6)7/h2-8H,1H3,(H3,18,19);(H,6,7). The number of aliphatic carboxylic acids is 1. The number of thioether (sulfide) groups is 1. The number of carboxylic acid groups (broad SMARTS) is 1. The Morgan fingerprint density at radius 3 is 2.28 bits per heavy atom. The number of amidine groups is 1. The molecule has 0 aliphatic heterocycles. The molecule has 6 nitrogen and oxygen atoms in total. The van der Waals surface area contributed by atoms with E-state index in [1.165, 1.54) is 40.5 Å². The number of sulfone groups is 1. The maximum atomic E-state index is 13.1. The Bertz CT molecular complexity index is 1250. The van der Waals surface area contributed by atoms with Crippen molar-refractivity contribution < 1.29 is 31.5 Å². The van der Waals surface area contributed by atoms with Gasteiger partial charge in [0.05, 0.1) is 23.2 Å². The minimum Gasteiger partial charge on any atom is -0.475 e. The molecular formula is C18H14ClF3N2O4S4. The Kier molecular flexibility index (Phi) is 8.39. The van der Waals surface area contributed by atoms with Gasteiger partial charge in [0.2, 0.25) is 9.84 Å². The monoisotopic (exact) mass is 542 g/mol. The maximum absolute atomic E-state index is 13.1. The average Bonchev–Trinajstić information content (AvgIpc) is 3.34. The molecule has 14 heteroatoms. The van der Waals surface area contributed by atoms with E-state index >= 15 is 0 Å². The van der Waals surface area contributed by atoms with Crippen LogP contribution in [0.2, 0.25) is 4.34 Å². The average molecular weight is 543 g/mol. The topological polar surface area (TPSA) is 121 Å². The van der Waals surface area contributed by atoms with Crippen molar-refractivity contribution in [1.82, 2.24) is 0 Å². The molecule has 0 aliphatic rings. The van der Waals surface area contributed by atoms with Crippen molar-refractivity contribution in [2.24, 2.45) is 5.73 Å². The first-order valence-corrected chi connectivity index (χ1v) is 12.9. The SMILES string of the molecule is CSc1sc(C(=N)N)cc1S(=O)(=O)c1cccc(-c2ccc(Cl)s2)c1.O=C(O)C(F)(F)F. The van der Waals surface area contributed by atoms with Gasteiger partial charge in [0, 0.05) is 4.88 Å². The Hall–Kier alpha value is -2.06. The van der Waals surface area contributed by atoms with Crippen LogP contribution in [0.4, 0.5) is 13.2 Å². The molecule has 0 atom stereocenters. The first kappa shape index (κ1) is 26.2. The number of carbonyl (C=O) groups is 1. The van der Waals surface area contributed by atoms with Crippen molar-refractivity contribution in [2.75, 3.05) is 6.26 Å². The largest absolute Gasteiger partial charge is 0.490 e. The molecule has 32 heavy (non-hydrogen) atoms. The molecule has 1 aromatic carbocycles. The third kappa shape index (κ3) is 6.25. The minimum absolute atomic E-state index is 0.135. The van der Waals surface area contributed by atoms with Crippen LogP contribution in [0.5, 0.6) is 0 Å². The summed E-state index contributed by atoms with van der Waals surface area (Å²) >= 11 is 9.91. The fraction of sp³-hybridized carbons (Fsp3) is 0.111. The van der Waals surface area contributed by atoms with Gasteiger partial charge in [0.25, 0.3) is 0 Å². The first-order chi connectivity index (χ1) is 14.8. The summed E-state index contributed by atoms with van der Waals surface area (Å²) in [5, 5.41) is 14.7. The van der Waals surface area contributed by atoms with E-state index in [2.05, 4.69) is 0 Å². The molecule has 0 aliphatic carbocycles. The van der Waals surface area contributed by atoms with Crippen molar-refractivity contribution in [3.05, 3.63) is 51.7 Å². The number of carboxylic acids is 1. The highest BCUT2D eigenvalue weighted by Crippen LogP contribution is 2.38. The molecule has 0 saturated carbocycles. The zero-order valence-corrected chi connectivity index (χ0v) is 20.0. The van der Waals surface area contributed by atoms with Crippen LogP contribution in [0, 0.1) is 5.41 Å². The van der Waals surface area contributed by atoms with Crippen LogP contribution in [-0.4, -0.2) is 37.8 Å². The Labute approximate surface area is 198 Å². The number of rotatable bonds is 5. The van der Waals surface area contributed by atoms with Gasteiger partial charge >= 0.3 is 12.1 Å². The number of nitrogens with one attached hydrogen (secondary N) is 1. The van der Waals surface area contributed by atoms with Crippen LogP contribution in [0.3, 0.4) is 0 Å². The van der Waals surface area contributed by atoms with E-state index in [1.54, 1.807) is 30.5 Å². The summed E-state index contributed by atoms with van der Waals surface area (Å²) in [7, 11) is -3.71. The molecule has 0 spiro atoms. The fourth-order valence-corrected chi connectivity index (χ4v) is 7.18. The summed E-state index contributed by atoms with van der Waals surface area (Å²) in [6.07, 6.45) is -3.28. The van der Waals surface area contributed by atoms with E-state index in [1.807, 2.05) is 12.1 Å². The number of nitrogens with two attached hydrogens (primary N) is 1. The third-order valence-electron chi connectivity index (χ3n) is 3.65. The van der Waals surface area contributed by atoms with Crippen molar-refractivity contribution in [2.45, 2.75) is 20.2 Å². The molecule has 0 radical (unpaired) electrons. The number of halogens is 4. The van der Waals surface area contributed by atoms with Gasteiger partial charge < -0.3 is 10.8 Å². The smallest absolute Gasteiger partial charge is 0.475 e. The summed E-state index contributed by atoms with van der Waals surface area (Å²) in [6, 6.07) is 11.9. The third-order valence-corrected chi connectivity index (χ3v) is 9.27. The summed E-state index contributed by atoms with van der Waals surface area (Å²) in [6.45, 7) is 0. The van der Waals surface area contributed by atoms with Crippen molar-refractivity contribution in [1.29, 1.82) is 5.41 Å². The number of nitrogen functional groups attached to an aromatic ring is 1. The summed E-state index contributed by atoms with van der Waals surface area (Å²) in [4.78, 5) is 10.6. The fourth-order valence-electron chi connectivity index (χ4n) is 2.23. The number of alkyl halides is 3. The van der Waals surface area contributed by atoms with Crippen LogP contribution in [0.25, 0.3) is 10.4 Å². The second-order valence-electron chi connectivity index (χ2n) is 5.82. The van der Waals surface area contributed by atoms with Gasteiger partial charge in [-0.05, 0) is 42.2 Å². The van der Waals surface area contributed by atoms with Crippen LogP contribution in [0.1, 0.15) is 4.88 Å². The van der Waals surface area contributed by atoms with Gasteiger partial charge in [-0.25, -0.2) is 13.2 Å². The van der Waals surface area contributed by atoms with E-state index in [0.29, 0.717) is 13.4 Å². The van der Waals surface area contributed by atoms with Gasteiger partial charge in [0.1, 0.15) is 5.84 Å². The second kappa shape index (κ2) is 10.3. The van der Waals surface area contributed by atoms with E-state index in [4.69, 9.17) is 32.6 Å². The molecular weight excluding hydrogens is 529 g/mol. The van der Waals surface area contributed by atoms with E-state index in [9.17, 15) is 21.6 Å². The maximum Gasteiger partial charge on any atom is 0.490 e. The zero-order chi connectivity index (χ0) is 24.3. The molecule has 0 unspecified atom stereocenters. The summed E-state index contributed by atoms with van der Waals surface area (Å²) < 4.78 is 59.2. The van der Waals surface area contributed by atoms with E-state index in [0.717, 1.165) is 10.4 Å². The summed E-state index contributed by atoms with van der Waals surface area (Å²) in [5.41, 5.74) is 6.31. The highest BCUT2D eigenvalue weighted by atomic mass is 35.5. The van der Waals surface area contributed by atoms with Gasteiger partial charge in [-0.1, -0.05) is 23.7 Å². The Morgan fingerprint density at radius 1 is 1.19 bits per heavy atom. The second-order valence-corrected chi connectivity index (χ2v) is 11.6.